The fourth-order valence-electron chi connectivity index (χ4n) is 1.08. The number of amides is 1. The molecule has 10 heteroatoms. The van der Waals surface area contributed by atoms with Gasteiger partial charge < -0.3 is 25.0 Å². The molecular formula is C12H19N3O7. The molecule has 0 aromatic carbocycles. The molecule has 0 aromatic heterocycles. The highest BCUT2D eigenvalue weighted by molar-refractivity contribution is 5.93. The molecule has 10 nitrogen and oxygen atoms in total. The highest BCUT2D eigenvalue weighted by Crippen LogP contribution is 1.98. The van der Waals surface area contributed by atoms with E-state index >= 15 is 0 Å². The van der Waals surface area contributed by atoms with Crippen molar-refractivity contribution in [2.75, 3.05) is 19.6 Å². The molecule has 0 bridgehead atoms. The van der Waals surface area contributed by atoms with Gasteiger partial charge in [-0.2, -0.15) is 0 Å². The number of nitrogens with one attached hydrogen (secondary N) is 1. The van der Waals surface area contributed by atoms with Crippen LogP contribution in [0.1, 0.15) is 20.8 Å². The first-order valence-electron chi connectivity index (χ1n) is 6.24. The van der Waals surface area contributed by atoms with Gasteiger partial charge in [0.05, 0.1) is 0 Å². The number of nitrogens with zero attached hydrogens (tertiary/aromatic N) is 2. The molecule has 0 aliphatic carbocycles. The predicted molar refractivity (Wildman–Crippen MR) is 75.5 cm³/mol. The van der Waals surface area contributed by atoms with Crippen LogP contribution in [0.5, 0.6) is 0 Å². The molecule has 1 unspecified atom stereocenters. The lowest BCUT2D eigenvalue weighted by Crippen LogP contribution is -2.26. The fourth-order valence-corrected chi connectivity index (χ4v) is 1.08. The van der Waals surface area contributed by atoms with E-state index in [0.29, 0.717) is 18.3 Å². The number of carbonyl (C=O) groups excluding carboxylic acids is 2. The monoisotopic (exact) mass is 317 g/mol. The third-order valence-corrected chi connectivity index (χ3v) is 1.96. The number of rotatable bonds is 2. The quantitative estimate of drug-likeness (QED) is 0.549. The molecule has 22 heavy (non-hydrogen) atoms. The lowest BCUT2D eigenvalue weighted by atomic mass is 10.6. The van der Waals surface area contributed by atoms with Crippen molar-refractivity contribution in [1.29, 1.82) is 0 Å². The summed E-state index contributed by atoms with van der Waals surface area (Å²) in [6, 6.07) is 0. The number of aliphatic hydroxyl groups excluding tert-OH is 1. The number of esters is 1. The number of carboxylic acids is 1. The number of aliphatic hydroxyl groups is 1. The van der Waals surface area contributed by atoms with Gasteiger partial charge in [-0.05, 0) is 0 Å². The molecule has 0 saturated carbocycles. The van der Waals surface area contributed by atoms with Crippen LogP contribution in [0.4, 0.5) is 0 Å². The minimum Gasteiger partial charge on any atom is -0.480 e. The molecule has 1 atom stereocenters. The summed E-state index contributed by atoms with van der Waals surface area (Å²) in [6.45, 7) is 4.94. The molecule has 2 rings (SSSR count). The zero-order valence-electron chi connectivity index (χ0n) is 12.5. The Morgan fingerprint density at radius 3 is 2.09 bits per heavy atom. The van der Waals surface area contributed by atoms with E-state index < -0.39 is 12.3 Å². The fraction of sp³-hybridized carbons (Fsp3) is 0.583. The average molecular weight is 317 g/mol. The van der Waals surface area contributed by atoms with Gasteiger partial charge in [0.1, 0.15) is 19.6 Å². The number of cyclic esters (lactones) is 1. The van der Waals surface area contributed by atoms with Crippen molar-refractivity contribution in [3.63, 3.8) is 0 Å². The highest BCUT2D eigenvalue weighted by Gasteiger charge is 2.11. The molecule has 0 fully saturated rings. The summed E-state index contributed by atoms with van der Waals surface area (Å²) in [4.78, 5) is 37.2. The number of carboxylic acid groups (broad SMARTS) is 1. The lowest BCUT2D eigenvalue weighted by Gasteiger charge is -1.97. The number of aliphatic imine (C=N–C) groups is 2. The standard InChI is InChI=1S/C4H7NO3.C4H7NO2.C4H5NO2/c1-3(6)5-2-4(7)8;2*1-3-5-2-4(6)7-3/h2H2,1H3,(H,5,6)(H,7,8);4,6H,2H2,1H3;2H2,1H3. The predicted octanol–water partition coefficient (Wildman–Crippen LogP) is -1.08. The zero-order chi connectivity index (χ0) is 17.1. The molecule has 2 heterocycles. The van der Waals surface area contributed by atoms with E-state index in [9.17, 15) is 14.4 Å². The molecule has 1 amide bonds. The summed E-state index contributed by atoms with van der Waals surface area (Å²) < 4.78 is 9.14. The first kappa shape index (κ1) is 19.5. The Hall–Kier alpha value is -2.49. The maximum Gasteiger partial charge on any atom is 0.334 e. The Labute approximate surface area is 126 Å². The van der Waals surface area contributed by atoms with Crippen LogP contribution in [0.25, 0.3) is 0 Å². The van der Waals surface area contributed by atoms with Gasteiger partial charge in [0.25, 0.3) is 0 Å². The summed E-state index contributed by atoms with van der Waals surface area (Å²) in [6.07, 6.45) is -0.681. The van der Waals surface area contributed by atoms with E-state index in [0.717, 1.165) is 0 Å². The van der Waals surface area contributed by atoms with Gasteiger partial charge in [-0.15, -0.1) is 0 Å². The number of aliphatic carboxylic acids is 1. The minimum atomic E-state index is -1.03. The van der Waals surface area contributed by atoms with Crippen molar-refractivity contribution < 1.29 is 34.1 Å². The minimum absolute atomic E-state index is 0.200. The van der Waals surface area contributed by atoms with E-state index in [1.165, 1.54) is 6.92 Å². The number of ether oxygens (including phenoxy) is 2. The van der Waals surface area contributed by atoms with E-state index in [1.54, 1.807) is 13.8 Å². The summed E-state index contributed by atoms with van der Waals surface area (Å²) >= 11 is 0. The van der Waals surface area contributed by atoms with Crippen molar-refractivity contribution in [3.05, 3.63) is 0 Å². The van der Waals surface area contributed by atoms with Gasteiger partial charge in [-0.3, -0.25) is 9.59 Å². The van der Waals surface area contributed by atoms with E-state index in [1.807, 2.05) is 0 Å². The van der Waals surface area contributed by atoms with Crippen LogP contribution < -0.4 is 5.32 Å². The maximum absolute atomic E-state index is 10.1. The van der Waals surface area contributed by atoms with Gasteiger partial charge in [0, 0.05) is 20.8 Å². The molecule has 0 spiro atoms. The van der Waals surface area contributed by atoms with Crippen molar-refractivity contribution >= 4 is 29.6 Å². The van der Waals surface area contributed by atoms with Crippen LogP contribution in [0.2, 0.25) is 0 Å². The highest BCUT2D eigenvalue weighted by atomic mass is 16.6. The molecule has 0 aromatic rings. The number of hydrogen-bond donors (Lipinski definition) is 3. The maximum atomic E-state index is 10.1. The van der Waals surface area contributed by atoms with Crippen molar-refractivity contribution in [3.8, 4) is 0 Å². The third-order valence-electron chi connectivity index (χ3n) is 1.96. The first-order valence-corrected chi connectivity index (χ1v) is 6.24. The summed E-state index contributed by atoms with van der Waals surface area (Å²) in [5.41, 5.74) is 0. The Bertz CT molecular complexity index is 459. The van der Waals surface area contributed by atoms with Crippen molar-refractivity contribution in [2.45, 2.75) is 27.1 Å². The topological polar surface area (TPSA) is 147 Å². The second-order valence-corrected chi connectivity index (χ2v) is 4.05. The number of hydrogen-bond acceptors (Lipinski definition) is 8. The van der Waals surface area contributed by atoms with Crippen LogP contribution in [0.15, 0.2) is 9.98 Å². The second-order valence-electron chi connectivity index (χ2n) is 4.05. The molecule has 2 aliphatic rings. The summed E-state index contributed by atoms with van der Waals surface area (Å²) in [7, 11) is 0. The average Bonchev–Trinajstić information content (AvgIpc) is 2.96. The molecule has 0 saturated heterocycles. The first-order chi connectivity index (χ1) is 10.2. The van der Waals surface area contributed by atoms with Crippen LogP contribution in [0.3, 0.4) is 0 Å². The third kappa shape index (κ3) is 11.3. The SMILES string of the molecule is CC(=O)NCC(=O)O.CC1=NCC(=O)O1.CC1=NCC(O)O1. The largest absolute Gasteiger partial charge is 0.480 e. The van der Waals surface area contributed by atoms with Gasteiger partial charge in [-0.1, -0.05) is 0 Å². The Kier molecular flexibility index (Phi) is 9.11. The van der Waals surface area contributed by atoms with E-state index in [2.05, 4.69) is 24.8 Å². The van der Waals surface area contributed by atoms with Crippen LogP contribution in [-0.4, -0.2) is 65.8 Å². The Morgan fingerprint density at radius 1 is 1.32 bits per heavy atom. The summed E-state index contributed by atoms with van der Waals surface area (Å²) in [5.74, 6) is -0.553. The van der Waals surface area contributed by atoms with Crippen LogP contribution >= 0.6 is 0 Å². The van der Waals surface area contributed by atoms with Gasteiger partial charge in [0.2, 0.25) is 12.2 Å². The van der Waals surface area contributed by atoms with Gasteiger partial charge in [0.15, 0.2) is 11.8 Å². The van der Waals surface area contributed by atoms with E-state index in [-0.39, 0.29) is 25.0 Å². The molecular weight excluding hydrogens is 298 g/mol. The van der Waals surface area contributed by atoms with Crippen LogP contribution in [0, 0.1) is 0 Å². The molecule has 3 N–H and O–H groups in total. The Balaban J connectivity index is 0.000000301. The normalized spacial score (nSPS) is 18.4. The molecule has 0 radical (unpaired) electrons. The van der Waals surface area contributed by atoms with Crippen molar-refractivity contribution in [2.24, 2.45) is 9.98 Å². The lowest BCUT2D eigenvalue weighted by molar-refractivity contribution is -0.137. The number of carbonyl (C=O) groups is 3. The Morgan fingerprint density at radius 2 is 1.95 bits per heavy atom. The van der Waals surface area contributed by atoms with Crippen molar-refractivity contribution in [1.82, 2.24) is 5.32 Å². The molecule has 124 valence electrons. The van der Waals surface area contributed by atoms with Crippen LogP contribution in [-0.2, 0) is 23.9 Å². The zero-order valence-corrected chi connectivity index (χ0v) is 12.5. The molecule has 2 aliphatic heterocycles. The smallest absolute Gasteiger partial charge is 0.334 e. The summed E-state index contributed by atoms with van der Waals surface area (Å²) in [5, 5.41) is 18.6. The second kappa shape index (κ2) is 10.3. The van der Waals surface area contributed by atoms with Gasteiger partial charge >= 0.3 is 11.9 Å². The van der Waals surface area contributed by atoms with E-state index in [4.69, 9.17) is 10.2 Å². The van der Waals surface area contributed by atoms with Gasteiger partial charge in [-0.25, -0.2) is 14.8 Å².